The average Bonchev–Trinajstić information content (AvgIpc) is 2.56. The topological polar surface area (TPSA) is 46.5 Å². The molecule has 18 heavy (non-hydrogen) atoms. The van der Waals surface area contributed by atoms with E-state index in [2.05, 4.69) is 6.92 Å². The summed E-state index contributed by atoms with van der Waals surface area (Å²) in [5.74, 6) is 0.749. The van der Waals surface area contributed by atoms with Crippen molar-refractivity contribution in [2.75, 3.05) is 12.9 Å². The van der Waals surface area contributed by atoms with Gasteiger partial charge in [-0.1, -0.05) is 0 Å². The molecular weight excluding hydrogens is 248 g/mol. The molecule has 4 heteroatoms. The van der Waals surface area contributed by atoms with Crippen LogP contribution in [0.2, 0.25) is 0 Å². The van der Waals surface area contributed by atoms with E-state index in [1.54, 1.807) is 18.9 Å². The molecule has 98 valence electrons. The van der Waals surface area contributed by atoms with Crippen LogP contribution in [-0.2, 0) is 11.2 Å². The summed E-state index contributed by atoms with van der Waals surface area (Å²) in [5.41, 5.74) is 3.52. The Hall–Kier alpha value is -1.16. The number of carboxylic acid groups (broad SMARTS) is 1. The Labute approximate surface area is 112 Å². The third-order valence-electron chi connectivity index (χ3n) is 3.62. The SMILES string of the molecule is COc1cc(C)c(C)c2c1SCCC(C(=O)O)C2. The largest absolute Gasteiger partial charge is 0.496 e. The summed E-state index contributed by atoms with van der Waals surface area (Å²) in [6, 6.07) is 2.04. The highest BCUT2D eigenvalue weighted by molar-refractivity contribution is 7.99. The second kappa shape index (κ2) is 5.22. The van der Waals surface area contributed by atoms with Gasteiger partial charge in [-0.3, -0.25) is 4.79 Å². The number of thioether (sulfide) groups is 1. The predicted octanol–water partition coefficient (Wildman–Crippen LogP) is 3.05. The molecule has 3 nitrogen and oxygen atoms in total. The molecular formula is C14H18O3S. The van der Waals surface area contributed by atoms with Crippen molar-refractivity contribution in [2.45, 2.75) is 31.6 Å². The van der Waals surface area contributed by atoms with E-state index in [1.807, 2.05) is 13.0 Å². The van der Waals surface area contributed by atoms with Gasteiger partial charge in [-0.2, -0.15) is 0 Å². The van der Waals surface area contributed by atoms with Crippen LogP contribution in [0.25, 0.3) is 0 Å². The van der Waals surface area contributed by atoms with E-state index in [9.17, 15) is 9.90 Å². The lowest BCUT2D eigenvalue weighted by Gasteiger charge is -2.17. The van der Waals surface area contributed by atoms with E-state index >= 15 is 0 Å². The number of hydrogen-bond acceptors (Lipinski definition) is 3. The zero-order chi connectivity index (χ0) is 13.3. The van der Waals surface area contributed by atoms with Crippen LogP contribution in [-0.4, -0.2) is 23.9 Å². The van der Waals surface area contributed by atoms with E-state index in [0.29, 0.717) is 6.42 Å². The van der Waals surface area contributed by atoms with E-state index in [-0.39, 0.29) is 5.92 Å². The van der Waals surface area contributed by atoms with Crippen molar-refractivity contribution < 1.29 is 14.6 Å². The molecule has 0 radical (unpaired) electrons. The number of ether oxygens (including phenoxy) is 1. The molecule has 0 amide bonds. The minimum atomic E-state index is -0.691. The monoisotopic (exact) mass is 266 g/mol. The Bertz CT molecular complexity index is 482. The lowest BCUT2D eigenvalue weighted by molar-refractivity contribution is -0.141. The fraction of sp³-hybridized carbons (Fsp3) is 0.500. The van der Waals surface area contributed by atoms with Crippen molar-refractivity contribution in [2.24, 2.45) is 5.92 Å². The summed E-state index contributed by atoms with van der Waals surface area (Å²) in [7, 11) is 1.67. The summed E-state index contributed by atoms with van der Waals surface area (Å²) < 4.78 is 5.43. The number of hydrogen-bond donors (Lipinski definition) is 1. The minimum Gasteiger partial charge on any atom is -0.496 e. The smallest absolute Gasteiger partial charge is 0.306 e. The number of methoxy groups -OCH3 is 1. The van der Waals surface area contributed by atoms with E-state index in [0.717, 1.165) is 33.9 Å². The van der Waals surface area contributed by atoms with Crippen molar-refractivity contribution >= 4 is 17.7 Å². The van der Waals surface area contributed by atoms with Crippen LogP contribution in [0, 0.1) is 19.8 Å². The number of fused-ring (bicyclic) bond motifs is 1. The number of benzene rings is 1. The molecule has 1 unspecified atom stereocenters. The van der Waals surface area contributed by atoms with Gasteiger partial charge in [0.1, 0.15) is 5.75 Å². The van der Waals surface area contributed by atoms with Gasteiger partial charge in [-0.05, 0) is 55.2 Å². The van der Waals surface area contributed by atoms with Gasteiger partial charge in [-0.25, -0.2) is 0 Å². The fourth-order valence-corrected chi connectivity index (χ4v) is 3.65. The van der Waals surface area contributed by atoms with Crippen molar-refractivity contribution in [3.05, 3.63) is 22.8 Å². The third kappa shape index (κ3) is 2.34. The second-order valence-electron chi connectivity index (χ2n) is 4.70. The molecule has 1 atom stereocenters. The Balaban J connectivity index is 2.52. The van der Waals surface area contributed by atoms with Gasteiger partial charge in [-0.15, -0.1) is 11.8 Å². The molecule has 1 aromatic carbocycles. The Morgan fingerprint density at radius 1 is 1.50 bits per heavy atom. The molecule has 1 heterocycles. The molecule has 1 N–H and O–H groups in total. The highest BCUT2D eigenvalue weighted by Gasteiger charge is 2.26. The van der Waals surface area contributed by atoms with E-state index in [4.69, 9.17) is 4.74 Å². The first-order valence-corrected chi connectivity index (χ1v) is 7.05. The minimum absolute atomic E-state index is 0.274. The first-order valence-electron chi connectivity index (χ1n) is 6.07. The molecule has 0 spiro atoms. The van der Waals surface area contributed by atoms with Gasteiger partial charge >= 0.3 is 5.97 Å². The summed E-state index contributed by atoms with van der Waals surface area (Å²) >= 11 is 1.72. The number of rotatable bonds is 2. The highest BCUT2D eigenvalue weighted by Crippen LogP contribution is 2.41. The van der Waals surface area contributed by atoms with Crippen molar-refractivity contribution in [3.8, 4) is 5.75 Å². The molecule has 0 fully saturated rings. The normalized spacial score (nSPS) is 18.9. The van der Waals surface area contributed by atoms with Gasteiger partial charge in [0.15, 0.2) is 0 Å². The Morgan fingerprint density at radius 3 is 2.83 bits per heavy atom. The Morgan fingerprint density at radius 2 is 2.22 bits per heavy atom. The van der Waals surface area contributed by atoms with Gasteiger partial charge in [0.25, 0.3) is 0 Å². The molecule has 0 aromatic heterocycles. The summed E-state index contributed by atoms with van der Waals surface area (Å²) in [6.07, 6.45) is 1.33. The highest BCUT2D eigenvalue weighted by atomic mass is 32.2. The molecule has 1 aliphatic heterocycles. The molecule has 0 aliphatic carbocycles. The zero-order valence-electron chi connectivity index (χ0n) is 10.9. The van der Waals surface area contributed by atoms with Gasteiger partial charge in [0.05, 0.1) is 17.9 Å². The first kappa shape index (κ1) is 13.3. The molecule has 1 aliphatic rings. The van der Waals surface area contributed by atoms with Gasteiger partial charge in [0, 0.05) is 0 Å². The summed E-state index contributed by atoms with van der Waals surface area (Å²) in [6.45, 7) is 4.11. The van der Waals surface area contributed by atoms with Gasteiger partial charge < -0.3 is 9.84 Å². The molecule has 0 saturated heterocycles. The fourth-order valence-electron chi connectivity index (χ4n) is 2.35. The van der Waals surface area contributed by atoms with Crippen LogP contribution in [0.5, 0.6) is 5.75 Å². The Kier molecular flexibility index (Phi) is 3.85. The van der Waals surface area contributed by atoms with Crippen molar-refractivity contribution in [1.82, 2.24) is 0 Å². The summed E-state index contributed by atoms with van der Waals surface area (Å²) in [4.78, 5) is 12.4. The number of aliphatic carboxylic acids is 1. The number of aryl methyl sites for hydroxylation is 1. The first-order chi connectivity index (χ1) is 8.54. The molecule has 0 bridgehead atoms. The summed E-state index contributed by atoms with van der Waals surface area (Å²) in [5, 5.41) is 9.24. The standard InChI is InChI=1S/C14H18O3S/c1-8-6-12(17-3)13-11(9(8)2)7-10(14(15)16)4-5-18-13/h6,10H,4-5,7H2,1-3H3,(H,15,16). The van der Waals surface area contributed by atoms with Crippen LogP contribution in [0.3, 0.4) is 0 Å². The maximum atomic E-state index is 11.2. The second-order valence-corrected chi connectivity index (χ2v) is 5.81. The zero-order valence-corrected chi connectivity index (χ0v) is 11.8. The quantitative estimate of drug-likeness (QED) is 0.893. The average molecular weight is 266 g/mol. The van der Waals surface area contributed by atoms with Crippen molar-refractivity contribution in [1.29, 1.82) is 0 Å². The maximum Gasteiger partial charge on any atom is 0.306 e. The van der Waals surface area contributed by atoms with Crippen LogP contribution in [0.1, 0.15) is 23.1 Å². The lowest BCUT2D eigenvalue weighted by atomic mass is 9.92. The number of carboxylic acids is 1. The van der Waals surface area contributed by atoms with Crippen LogP contribution < -0.4 is 4.74 Å². The predicted molar refractivity (Wildman–Crippen MR) is 72.6 cm³/mol. The van der Waals surface area contributed by atoms with Crippen LogP contribution in [0.4, 0.5) is 0 Å². The maximum absolute atomic E-state index is 11.2. The van der Waals surface area contributed by atoms with E-state index < -0.39 is 5.97 Å². The lowest BCUT2D eigenvalue weighted by Crippen LogP contribution is -2.16. The van der Waals surface area contributed by atoms with Crippen LogP contribution >= 0.6 is 11.8 Å². The van der Waals surface area contributed by atoms with Crippen LogP contribution in [0.15, 0.2) is 11.0 Å². The number of carbonyl (C=O) groups is 1. The molecule has 1 aromatic rings. The van der Waals surface area contributed by atoms with Crippen molar-refractivity contribution in [3.63, 3.8) is 0 Å². The molecule has 2 rings (SSSR count). The molecule has 0 saturated carbocycles. The third-order valence-corrected chi connectivity index (χ3v) is 4.80. The van der Waals surface area contributed by atoms with E-state index in [1.165, 1.54) is 5.56 Å². The van der Waals surface area contributed by atoms with Gasteiger partial charge in [0.2, 0.25) is 0 Å².